The molecule has 0 amide bonds. The average Bonchev–Trinajstić information content (AvgIpc) is 2.28. The molecule has 0 radical (unpaired) electrons. The average molecular weight is 252 g/mol. The summed E-state index contributed by atoms with van der Waals surface area (Å²) in [5.74, 6) is 5.70. The number of nitrogens with one attached hydrogen (secondary N) is 1. The van der Waals surface area contributed by atoms with Crippen molar-refractivity contribution in [3.05, 3.63) is 29.8 Å². The van der Waals surface area contributed by atoms with E-state index in [0.717, 1.165) is 5.56 Å². The number of sulfonamides is 1. The van der Waals surface area contributed by atoms with Crippen molar-refractivity contribution in [2.45, 2.75) is 24.8 Å². The Balaban J connectivity index is 2.76. The number of rotatable bonds is 4. The Labute approximate surface area is 102 Å². The maximum Gasteiger partial charge on any atom is 0.238 e. The zero-order valence-corrected chi connectivity index (χ0v) is 10.7. The molecular weight excluding hydrogens is 236 g/mol. The van der Waals surface area contributed by atoms with E-state index in [1.807, 2.05) is 6.92 Å². The third-order valence-electron chi connectivity index (χ3n) is 2.38. The fourth-order valence-corrected chi connectivity index (χ4v) is 1.87. The Kier molecular flexibility index (Phi) is 4.70. The molecule has 0 spiro atoms. The quantitative estimate of drug-likeness (QED) is 0.785. The van der Waals surface area contributed by atoms with Gasteiger partial charge in [0.1, 0.15) is 0 Å². The molecule has 0 heterocycles. The standard InChI is InChI=1S/C12H16N2O2S/c1-3-4-9-14-10(2)11-5-7-12(8-6-11)17(13,15)16/h5-8,10,14H,9H2,1-2H3,(H2,13,15,16). The lowest BCUT2D eigenvalue weighted by molar-refractivity contribution is 0.597. The molecule has 0 aliphatic carbocycles. The highest BCUT2D eigenvalue weighted by Crippen LogP contribution is 2.14. The SMILES string of the molecule is CC#CCNC(C)c1ccc(S(N)(=O)=O)cc1. The van der Waals surface area contributed by atoms with Gasteiger partial charge in [0, 0.05) is 6.04 Å². The maximum absolute atomic E-state index is 11.1. The van der Waals surface area contributed by atoms with Crippen molar-refractivity contribution < 1.29 is 8.42 Å². The first-order valence-corrected chi connectivity index (χ1v) is 6.75. The van der Waals surface area contributed by atoms with Crippen LogP contribution in [0.1, 0.15) is 25.5 Å². The second kappa shape index (κ2) is 5.82. The summed E-state index contributed by atoms with van der Waals surface area (Å²) in [5.41, 5.74) is 0.996. The van der Waals surface area contributed by atoms with Gasteiger partial charge in [-0.05, 0) is 31.5 Å². The van der Waals surface area contributed by atoms with Gasteiger partial charge in [-0.1, -0.05) is 18.1 Å². The summed E-state index contributed by atoms with van der Waals surface area (Å²) in [6, 6.07) is 6.63. The Bertz CT molecular complexity index is 524. The highest BCUT2D eigenvalue weighted by atomic mass is 32.2. The minimum absolute atomic E-state index is 0.116. The van der Waals surface area contributed by atoms with E-state index >= 15 is 0 Å². The van der Waals surface area contributed by atoms with Gasteiger partial charge < -0.3 is 0 Å². The van der Waals surface area contributed by atoms with Crippen molar-refractivity contribution in [1.29, 1.82) is 0 Å². The maximum atomic E-state index is 11.1. The van der Waals surface area contributed by atoms with Crippen molar-refractivity contribution in [1.82, 2.24) is 5.32 Å². The van der Waals surface area contributed by atoms with Gasteiger partial charge in [0.25, 0.3) is 0 Å². The summed E-state index contributed by atoms with van der Waals surface area (Å²) in [7, 11) is -3.61. The molecule has 1 aromatic carbocycles. The van der Waals surface area contributed by atoms with Crippen LogP contribution in [0.25, 0.3) is 0 Å². The summed E-state index contributed by atoms with van der Waals surface area (Å²) < 4.78 is 22.1. The smallest absolute Gasteiger partial charge is 0.238 e. The normalized spacial score (nSPS) is 12.6. The number of hydrogen-bond acceptors (Lipinski definition) is 3. The molecule has 1 unspecified atom stereocenters. The van der Waals surface area contributed by atoms with E-state index < -0.39 is 10.0 Å². The Morgan fingerprint density at radius 2 is 1.94 bits per heavy atom. The Hall–Kier alpha value is -1.35. The summed E-state index contributed by atoms with van der Waals surface area (Å²) in [4.78, 5) is 0.127. The van der Waals surface area contributed by atoms with Crippen LogP contribution in [-0.2, 0) is 10.0 Å². The number of hydrogen-bond donors (Lipinski definition) is 2. The molecule has 1 atom stereocenters. The van der Waals surface area contributed by atoms with Crippen molar-refractivity contribution >= 4 is 10.0 Å². The van der Waals surface area contributed by atoms with Crippen LogP contribution in [0.2, 0.25) is 0 Å². The zero-order valence-electron chi connectivity index (χ0n) is 9.90. The van der Waals surface area contributed by atoms with E-state index in [1.165, 1.54) is 12.1 Å². The van der Waals surface area contributed by atoms with E-state index in [0.29, 0.717) is 6.54 Å². The first kappa shape index (κ1) is 13.7. The zero-order chi connectivity index (χ0) is 12.9. The Morgan fingerprint density at radius 1 is 1.35 bits per heavy atom. The second-order valence-corrected chi connectivity index (χ2v) is 5.20. The van der Waals surface area contributed by atoms with Crippen LogP contribution in [0.5, 0.6) is 0 Å². The van der Waals surface area contributed by atoms with Crippen LogP contribution < -0.4 is 10.5 Å². The lowest BCUT2D eigenvalue weighted by Crippen LogP contribution is -2.19. The van der Waals surface area contributed by atoms with E-state index in [-0.39, 0.29) is 10.9 Å². The van der Waals surface area contributed by atoms with E-state index in [2.05, 4.69) is 17.2 Å². The van der Waals surface area contributed by atoms with Gasteiger partial charge in [-0.25, -0.2) is 13.6 Å². The van der Waals surface area contributed by atoms with Gasteiger partial charge in [-0.15, -0.1) is 5.92 Å². The van der Waals surface area contributed by atoms with Gasteiger partial charge in [0.2, 0.25) is 10.0 Å². The first-order chi connectivity index (χ1) is 7.95. The van der Waals surface area contributed by atoms with Crippen LogP contribution in [-0.4, -0.2) is 15.0 Å². The Morgan fingerprint density at radius 3 is 2.41 bits per heavy atom. The molecule has 0 aromatic heterocycles. The molecule has 0 bridgehead atoms. The predicted molar refractivity (Wildman–Crippen MR) is 67.7 cm³/mol. The molecule has 92 valence electrons. The van der Waals surface area contributed by atoms with Crippen molar-refractivity contribution in [2.75, 3.05) is 6.54 Å². The number of benzene rings is 1. The van der Waals surface area contributed by atoms with E-state index in [1.54, 1.807) is 19.1 Å². The minimum Gasteiger partial charge on any atom is -0.300 e. The van der Waals surface area contributed by atoms with Gasteiger partial charge in [-0.3, -0.25) is 5.32 Å². The van der Waals surface area contributed by atoms with Crippen LogP contribution in [0.15, 0.2) is 29.2 Å². The molecule has 0 aliphatic heterocycles. The molecule has 0 fully saturated rings. The fraction of sp³-hybridized carbons (Fsp3) is 0.333. The molecule has 0 aliphatic rings. The van der Waals surface area contributed by atoms with Gasteiger partial charge in [0.05, 0.1) is 11.4 Å². The van der Waals surface area contributed by atoms with Crippen molar-refractivity contribution in [3.8, 4) is 11.8 Å². The lowest BCUT2D eigenvalue weighted by Gasteiger charge is -2.12. The molecule has 1 aromatic rings. The molecular formula is C12H16N2O2S. The van der Waals surface area contributed by atoms with Crippen LogP contribution in [0, 0.1) is 11.8 Å². The fourth-order valence-electron chi connectivity index (χ4n) is 1.36. The van der Waals surface area contributed by atoms with Crippen LogP contribution >= 0.6 is 0 Å². The molecule has 4 nitrogen and oxygen atoms in total. The molecule has 5 heteroatoms. The summed E-state index contributed by atoms with van der Waals surface area (Å²) in [5, 5.41) is 8.22. The highest BCUT2D eigenvalue weighted by molar-refractivity contribution is 7.89. The van der Waals surface area contributed by atoms with E-state index in [4.69, 9.17) is 5.14 Å². The van der Waals surface area contributed by atoms with Gasteiger partial charge in [-0.2, -0.15) is 0 Å². The molecule has 17 heavy (non-hydrogen) atoms. The third-order valence-corrected chi connectivity index (χ3v) is 3.31. The second-order valence-electron chi connectivity index (χ2n) is 3.64. The van der Waals surface area contributed by atoms with Gasteiger partial charge >= 0.3 is 0 Å². The van der Waals surface area contributed by atoms with Gasteiger partial charge in [0.15, 0.2) is 0 Å². The summed E-state index contributed by atoms with van der Waals surface area (Å²) in [6.45, 7) is 4.38. The third kappa shape index (κ3) is 4.19. The minimum atomic E-state index is -3.61. The predicted octanol–water partition coefficient (Wildman–Crippen LogP) is 1.01. The molecule has 3 N–H and O–H groups in total. The highest BCUT2D eigenvalue weighted by Gasteiger charge is 2.09. The van der Waals surface area contributed by atoms with Crippen molar-refractivity contribution in [3.63, 3.8) is 0 Å². The van der Waals surface area contributed by atoms with Crippen LogP contribution in [0.4, 0.5) is 0 Å². The first-order valence-electron chi connectivity index (χ1n) is 5.21. The lowest BCUT2D eigenvalue weighted by atomic mass is 10.1. The molecule has 0 saturated carbocycles. The van der Waals surface area contributed by atoms with Crippen molar-refractivity contribution in [2.24, 2.45) is 5.14 Å². The summed E-state index contributed by atoms with van der Waals surface area (Å²) >= 11 is 0. The van der Waals surface area contributed by atoms with Crippen LogP contribution in [0.3, 0.4) is 0 Å². The molecule has 0 saturated heterocycles. The monoisotopic (exact) mass is 252 g/mol. The number of nitrogens with two attached hydrogens (primary N) is 1. The van der Waals surface area contributed by atoms with E-state index in [9.17, 15) is 8.42 Å². The molecule has 1 rings (SSSR count). The number of primary sulfonamides is 1. The summed E-state index contributed by atoms with van der Waals surface area (Å²) in [6.07, 6.45) is 0. The topological polar surface area (TPSA) is 72.2 Å². The largest absolute Gasteiger partial charge is 0.300 e.